The molecule has 1 aliphatic carbocycles. The third kappa shape index (κ3) is 0.915. The molecule has 15 heavy (non-hydrogen) atoms. The molecule has 1 heteroatoms. The van der Waals surface area contributed by atoms with Crippen LogP contribution in [0.25, 0.3) is 0 Å². The first-order chi connectivity index (χ1) is 7.43. The summed E-state index contributed by atoms with van der Waals surface area (Å²) in [6.07, 6.45) is 8.41. The van der Waals surface area contributed by atoms with Crippen molar-refractivity contribution in [2.24, 2.45) is 0 Å². The van der Waals surface area contributed by atoms with Crippen LogP contribution in [-0.2, 0) is 11.2 Å². The Bertz CT molecular complexity index is 484. The predicted octanol–water partition coefficient (Wildman–Crippen LogP) is 2.59. The van der Waals surface area contributed by atoms with Crippen molar-refractivity contribution in [2.45, 2.75) is 24.5 Å². The van der Waals surface area contributed by atoms with E-state index < -0.39 is 0 Å². The second-order valence-electron chi connectivity index (χ2n) is 4.49. The molecular formula is C14H12O. The largest absolute Gasteiger partial charge is 0.361 e. The van der Waals surface area contributed by atoms with Crippen LogP contribution in [0, 0.1) is 0 Å². The Labute approximate surface area is 89.1 Å². The summed E-state index contributed by atoms with van der Waals surface area (Å²) in [4.78, 5) is 0. The summed E-state index contributed by atoms with van der Waals surface area (Å²) < 4.78 is 5.90. The van der Waals surface area contributed by atoms with Crippen molar-refractivity contribution < 1.29 is 4.74 Å². The molecule has 0 saturated carbocycles. The van der Waals surface area contributed by atoms with Crippen molar-refractivity contribution in [1.29, 1.82) is 0 Å². The van der Waals surface area contributed by atoms with Gasteiger partial charge in [-0.3, -0.25) is 0 Å². The van der Waals surface area contributed by atoms with Crippen LogP contribution in [-0.4, -0.2) is 12.2 Å². The first-order valence-electron chi connectivity index (χ1n) is 5.55. The van der Waals surface area contributed by atoms with Crippen LogP contribution >= 0.6 is 0 Å². The molecule has 1 fully saturated rings. The minimum Gasteiger partial charge on any atom is -0.361 e. The van der Waals surface area contributed by atoms with Crippen LogP contribution in [0.2, 0.25) is 0 Å². The molecule has 1 aromatic rings. The molecule has 2 bridgehead atoms. The topological polar surface area (TPSA) is 9.23 Å². The minimum absolute atomic E-state index is 0.272. The molecule has 0 radical (unpaired) electrons. The Kier molecular flexibility index (Phi) is 1.37. The first kappa shape index (κ1) is 7.89. The fourth-order valence-corrected chi connectivity index (χ4v) is 3.07. The summed E-state index contributed by atoms with van der Waals surface area (Å²) >= 11 is 0. The number of fused-ring (bicyclic) bond motifs is 7. The molecule has 0 aromatic heterocycles. The third-order valence-electron chi connectivity index (χ3n) is 3.74. The molecule has 3 aliphatic rings. The molecule has 1 nitrogen and oxygen atoms in total. The van der Waals surface area contributed by atoms with Gasteiger partial charge in [-0.05, 0) is 23.1 Å². The maximum atomic E-state index is 5.90. The maximum absolute atomic E-state index is 5.90. The average Bonchev–Trinajstić information content (AvgIpc) is 2.89. The summed E-state index contributed by atoms with van der Waals surface area (Å²) in [6.45, 7) is 0. The lowest BCUT2D eigenvalue weighted by Crippen LogP contribution is -2.18. The van der Waals surface area contributed by atoms with Gasteiger partial charge in [-0.25, -0.2) is 0 Å². The molecule has 0 unspecified atom stereocenters. The minimum atomic E-state index is 0.272. The predicted molar refractivity (Wildman–Crippen MR) is 58.8 cm³/mol. The zero-order valence-corrected chi connectivity index (χ0v) is 8.39. The fourth-order valence-electron chi connectivity index (χ4n) is 3.07. The lowest BCUT2D eigenvalue weighted by atomic mass is 9.77. The molecule has 0 N–H and O–H groups in total. The number of rotatable bonds is 0. The Morgan fingerprint density at radius 1 is 1.13 bits per heavy atom. The number of benzene rings is 1. The monoisotopic (exact) mass is 196 g/mol. The van der Waals surface area contributed by atoms with Crippen LogP contribution in [0.5, 0.6) is 0 Å². The van der Waals surface area contributed by atoms with Gasteiger partial charge < -0.3 is 4.74 Å². The van der Waals surface area contributed by atoms with Crippen LogP contribution in [0.15, 0.2) is 48.1 Å². The molecule has 3 atom stereocenters. The number of hydrogen-bond donors (Lipinski definition) is 0. The molecule has 2 aliphatic heterocycles. The Morgan fingerprint density at radius 3 is 3.07 bits per heavy atom. The van der Waals surface area contributed by atoms with Gasteiger partial charge in [0.05, 0.1) is 12.2 Å². The zero-order valence-electron chi connectivity index (χ0n) is 8.39. The average molecular weight is 196 g/mol. The summed E-state index contributed by atoms with van der Waals surface area (Å²) in [6, 6.07) is 8.75. The second-order valence-corrected chi connectivity index (χ2v) is 4.49. The Hall–Kier alpha value is -1.34. The summed E-state index contributed by atoms with van der Waals surface area (Å²) in [7, 11) is 0. The molecule has 74 valence electrons. The van der Waals surface area contributed by atoms with E-state index in [-0.39, 0.29) is 6.10 Å². The van der Waals surface area contributed by atoms with Gasteiger partial charge in [0, 0.05) is 5.92 Å². The van der Waals surface area contributed by atoms with E-state index in [1.165, 1.54) is 16.7 Å². The number of ether oxygens (including phenoxy) is 1. The third-order valence-corrected chi connectivity index (χ3v) is 3.74. The second kappa shape index (κ2) is 2.61. The van der Waals surface area contributed by atoms with Crippen molar-refractivity contribution in [1.82, 2.24) is 0 Å². The maximum Gasteiger partial charge on any atom is 0.0983 e. The molecule has 1 saturated heterocycles. The molecule has 0 amide bonds. The summed E-state index contributed by atoms with van der Waals surface area (Å²) in [5.41, 5.74) is 4.43. The van der Waals surface area contributed by atoms with Crippen molar-refractivity contribution in [3.8, 4) is 0 Å². The van der Waals surface area contributed by atoms with E-state index in [9.17, 15) is 0 Å². The van der Waals surface area contributed by atoms with E-state index in [2.05, 4.69) is 42.5 Å². The van der Waals surface area contributed by atoms with E-state index >= 15 is 0 Å². The highest BCUT2D eigenvalue weighted by atomic mass is 16.5. The summed E-state index contributed by atoms with van der Waals surface area (Å²) in [5, 5.41) is 0. The molecule has 4 rings (SSSR count). The van der Waals surface area contributed by atoms with Gasteiger partial charge in [-0.2, -0.15) is 0 Å². The van der Waals surface area contributed by atoms with Crippen molar-refractivity contribution >= 4 is 0 Å². The highest BCUT2D eigenvalue weighted by Gasteiger charge is 2.43. The normalized spacial score (nSPS) is 34.9. The SMILES string of the molecule is C1=C[C@H]2O[C@@H]1[C@@H]1C2=CCc2ccccc21. The van der Waals surface area contributed by atoms with Gasteiger partial charge in [0.25, 0.3) is 0 Å². The Morgan fingerprint density at radius 2 is 2.07 bits per heavy atom. The van der Waals surface area contributed by atoms with Gasteiger partial charge in [-0.15, -0.1) is 0 Å². The zero-order chi connectivity index (χ0) is 9.83. The lowest BCUT2D eigenvalue weighted by molar-refractivity contribution is 0.122. The van der Waals surface area contributed by atoms with Gasteiger partial charge in [-0.1, -0.05) is 42.5 Å². The van der Waals surface area contributed by atoms with Crippen LogP contribution < -0.4 is 0 Å². The van der Waals surface area contributed by atoms with E-state index in [1.54, 1.807) is 0 Å². The molecule has 1 aromatic carbocycles. The van der Waals surface area contributed by atoms with Gasteiger partial charge >= 0.3 is 0 Å². The quantitative estimate of drug-likeness (QED) is 0.579. The fraction of sp³-hybridized carbons (Fsp3) is 0.286. The summed E-state index contributed by atoms with van der Waals surface area (Å²) in [5.74, 6) is 0.505. The van der Waals surface area contributed by atoms with E-state index in [4.69, 9.17) is 4.74 Å². The highest BCUT2D eigenvalue weighted by Crippen LogP contribution is 2.47. The van der Waals surface area contributed by atoms with E-state index in [0.717, 1.165) is 6.42 Å². The lowest BCUT2D eigenvalue weighted by Gasteiger charge is -2.25. The van der Waals surface area contributed by atoms with Crippen molar-refractivity contribution in [3.05, 3.63) is 59.2 Å². The molecule has 2 heterocycles. The standard InChI is InChI=1S/C14H12O/c1-2-4-10-9(3-1)5-6-11-12-7-8-13(15-12)14(10)11/h1-4,6-8,12-14H,5H2/t12-,13+,14+/m1/s1. The number of allylic oxidation sites excluding steroid dienone is 1. The van der Waals surface area contributed by atoms with Gasteiger partial charge in [0.1, 0.15) is 0 Å². The molecule has 0 spiro atoms. The van der Waals surface area contributed by atoms with Crippen LogP contribution in [0.1, 0.15) is 17.0 Å². The van der Waals surface area contributed by atoms with Crippen molar-refractivity contribution in [2.75, 3.05) is 0 Å². The van der Waals surface area contributed by atoms with Crippen molar-refractivity contribution in [3.63, 3.8) is 0 Å². The Balaban J connectivity index is 1.92. The number of hydrogen-bond acceptors (Lipinski definition) is 1. The van der Waals surface area contributed by atoms with Gasteiger partial charge in [0.15, 0.2) is 0 Å². The first-order valence-corrected chi connectivity index (χ1v) is 5.55. The van der Waals surface area contributed by atoms with E-state index in [1.807, 2.05) is 0 Å². The van der Waals surface area contributed by atoms with Crippen LogP contribution in [0.4, 0.5) is 0 Å². The van der Waals surface area contributed by atoms with E-state index in [0.29, 0.717) is 12.0 Å². The highest BCUT2D eigenvalue weighted by molar-refractivity contribution is 5.50. The van der Waals surface area contributed by atoms with Gasteiger partial charge in [0.2, 0.25) is 0 Å². The smallest absolute Gasteiger partial charge is 0.0983 e. The molecular weight excluding hydrogens is 184 g/mol. The van der Waals surface area contributed by atoms with Crippen LogP contribution in [0.3, 0.4) is 0 Å².